The van der Waals surface area contributed by atoms with E-state index >= 15 is 0 Å². The maximum atomic E-state index is 12.3. The molecule has 1 amide bonds. The number of hydrogen-bond acceptors (Lipinski definition) is 4. The first-order valence-electron chi connectivity index (χ1n) is 9.45. The van der Waals surface area contributed by atoms with Crippen LogP contribution in [0.4, 0.5) is 0 Å². The van der Waals surface area contributed by atoms with Crippen molar-refractivity contribution in [3.05, 3.63) is 47.3 Å². The van der Waals surface area contributed by atoms with Crippen LogP contribution in [0.25, 0.3) is 5.69 Å². The van der Waals surface area contributed by atoms with Crippen molar-refractivity contribution in [1.82, 2.24) is 25.3 Å². The fraction of sp³-hybridized carbons (Fsp3) is 0.500. The van der Waals surface area contributed by atoms with Crippen molar-refractivity contribution in [2.45, 2.75) is 26.7 Å². The molecular formula is C20H30ClN5O. The van der Waals surface area contributed by atoms with Gasteiger partial charge in [-0.05, 0) is 38.9 Å². The molecule has 0 saturated carbocycles. The maximum absolute atomic E-state index is 12.3. The number of hydrogen-bond donors (Lipinski definition) is 2. The Kier molecular flexibility index (Phi) is 8.28. The molecule has 1 aromatic carbocycles. The summed E-state index contributed by atoms with van der Waals surface area (Å²) in [5.74, 6) is 0.0733. The van der Waals surface area contributed by atoms with Crippen LogP contribution in [0, 0.1) is 13.8 Å². The summed E-state index contributed by atoms with van der Waals surface area (Å²) in [7, 11) is 0. The van der Waals surface area contributed by atoms with Crippen molar-refractivity contribution in [2.75, 3.05) is 39.3 Å². The number of carbonyl (C=O) groups is 1. The molecule has 0 spiro atoms. The Morgan fingerprint density at radius 1 is 1.19 bits per heavy atom. The third-order valence-electron chi connectivity index (χ3n) is 4.96. The first-order chi connectivity index (χ1) is 12.6. The van der Waals surface area contributed by atoms with Gasteiger partial charge in [0.1, 0.15) is 0 Å². The lowest BCUT2D eigenvalue weighted by Crippen LogP contribution is -2.44. The van der Waals surface area contributed by atoms with Gasteiger partial charge in [0.2, 0.25) is 5.91 Å². The lowest BCUT2D eigenvalue weighted by atomic mass is 10.1. The summed E-state index contributed by atoms with van der Waals surface area (Å²) >= 11 is 0. The van der Waals surface area contributed by atoms with E-state index in [0.29, 0.717) is 6.42 Å². The standard InChI is InChI=1S/C20H29N5O.ClH/c1-16-19(17(2)25(23-16)18-7-4-3-5-8-18)15-20(26)22-9-6-12-24-13-10-21-11-14-24;/h3-5,7-8,21H,6,9-15H2,1-2H3,(H,22,26);1H. The molecular weight excluding hydrogens is 362 g/mol. The summed E-state index contributed by atoms with van der Waals surface area (Å²) in [6, 6.07) is 10.0. The fourth-order valence-electron chi connectivity index (χ4n) is 3.44. The van der Waals surface area contributed by atoms with Gasteiger partial charge in [-0.3, -0.25) is 4.79 Å². The number of aryl methyl sites for hydroxylation is 1. The van der Waals surface area contributed by atoms with Crippen molar-refractivity contribution in [1.29, 1.82) is 0 Å². The van der Waals surface area contributed by atoms with Gasteiger partial charge in [-0.2, -0.15) is 5.10 Å². The molecule has 0 aliphatic carbocycles. The molecule has 0 atom stereocenters. The van der Waals surface area contributed by atoms with Gasteiger partial charge in [-0.15, -0.1) is 12.4 Å². The first-order valence-corrected chi connectivity index (χ1v) is 9.45. The lowest BCUT2D eigenvalue weighted by molar-refractivity contribution is -0.120. The predicted molar refractivity (Wildman–Crippen MR) is 111 cm³/mol. The Labute approximate surface area is 167 Å². The minimum atomic E-state index is 0. The number of benzene rings is 1. The Hall–Kier alpha value is -1.89. The minimum Gasteiger partial charge on any atom is -0.356 e. The van der Waals surface area contributed by atoms with Crippen molar-refractivity contribution < 1.29 is 4.79 Å². The van der Waals surface area contributed by atoms with Crippen LogP contribution in [-0.2, 0) is 11.2 Å². The van der Waals surface area contributed by atoms with Crippen molar-refractivity contribution >= 4 is 18.3 Å². The Balaban J connectivity index is 0.00000261. The number of para-hydroxylation sites is 1. The minimum absolute atomic E-state index is 0. The highest BCUT2D eigenvalue weighted by Gasteiger charge is 2.16. The number of nitrogens with zero attached hydrogens (tertiary/aromatic N) is 3. The maximum Gasteiger partial charge on any atom is 0.224 e. The van der Waals surface area contributed by atoms with E-state index in [9.17, 15) is 4.79 Å². The van der Waals surface area contributed by atoms with E-state index < -0.39 is 0 Å². The van der Waals surface area contributed by atoms with Gasteiger partial charge in [0.25, 0.3) is 0 Å². The highest BCUT2D eigenvalue weighted by Crippen LogP contribution is 2.18. The van der Waals surface area contributed by atoms with Gasteiger partial charge in [0, 0.05) is 44.0 Å². The number of nitrogens with one attached hydrogen (secondary N) is 2. The Morgan fingerprint density at radius 2 is 1.89 bits per heavy atom. The molecule has 148 valence electrons. The second-order valence-corrected chi connectivity index (χ2v) is 6.87. The molecule has 3 rings (SSSR count). The number of rotatable bonds is 7. The summed E-state index contributed by atoms with van der Waals surface area (Å²) in [6.07, 6.45) is 1.38. The molecule has 7 heteroatoms. The van der Waals surface area contributed by atoms with Crippen LogP contribution in [0.3, 0.4) is 0 Å². The van der Waals surface area contributed by atoms with E-state index in [1.807, 2.05) is 48.9 Å². The van der Waals surface area contributed by atoms with Gasteiger partial charge in [0.15, 0.2) is 0 Å². The zero-order chi connectivity index (χ0) is 18.4. The molecule has 27 heavy (non-hydrogen) atoms. The third kappa shape index (κ3) is 5.79. The molecule has 2 heterocycles. The predicted octanol–water partition coefficient (Wildman–Crippen LogP) is 1.86. The average molecular weight is 392 g/mol. The molecule has 1 aromatic heterocycles. The summed E-state index contributed by atoms with van der Waals surface area (Å²) in [5, 5.41) is 11.0. The summed E-state index contributed by atoms with van der Waals surface area (Å²) in [4.78, 5) is 14.8. The number of piperazine rings is 1. The quantitative estimate of drug-likeness (QED) is 0.707. The normalized spacial score (nSPS) is 14.6. The number of aromatic nitrogens is 2. The van der Waals surface area contributed by atoms with Crippen molar-refractivity contribution in [3.63, 3.8) is 0 Å². The Bertz CT molecular complexity index is 725. The topological polar surface area (TPSA) is 62.2 Å². The van der Waals surface area contributed by atoms with E-state index in [4.69, 9.17) is 0 Å². The number of carbonyl (C=O) groups excluding carboxylic acids is 1. The summed E-state index contributed by atoms with van der Waals surface area (Å²) in [5.41, 5.74) is 4.00. The molecule has 0 radical (unpaired) electrons. The highest BCUT2D eigenvalue weighted by atomic mass is 35.5. The zero-order valence-corrected chi connectivity index (χ0v) is 17.0. The molecule has 1 aliphatic rings. The molecule has 1 fully saturated rings. The smallest absolute Gasteiger partial charge is 0.224 e. The second kappa shape index (κ2) is 10.4. The van der Waals surface area contributed by atoms with Gasteiger partial charge in [-0.25, -0.2) is 4.68 Å². The van der Waals surface area contributed by atoms with Gasteiger partial charge >= 0.3 is 0 Å². The van der Waals surface area contributed by atoms with Crippen LogP contribution in [-0.4, -0.2) is 59.9 Å². The largest absolute Gasteiger partial charge is 0.356 e. The van der Waals surface area contributed by atoms with Crippen LogP contribution in [0.15, 0.2) is 30.3 Å². The molecule has 2 aromatic rings. The van der Waals surface area contributed by atoms with Crippen LogP contribution in [0.5, 0.6) is 0 Å². The molecule has 1 aliphatic heterocycles. The number of amides is 1. The highest BCUT2D eigenvalue weighted by molar-refractivity contribution is 5.85. The summed E-state index contributed by atoms with van der Waals surface area (Å²) < 4.78 is 1.92. The van der Waals surface area contributed by atoms with Crippen LogP contribution in [0.1, 0.15) is 23.4 Å². The monoisotopic (exact) mass is 391 g/mol. The van der Waals surface area contributed by atoms with Gasteiger partial charge < -0.3 is 15.5 Å². The second-order valence-electron chi connectivity index (χ2n) is 6.87. The SMILES string of the molecule is Cc1nn(-c2ccccc2)c(C)c1CC(=O)NCCCN1CCNCC1.Cl. The third-order valence-corrected chi connectivity index (χ3v) is 4.96. The van der Waals surface area contributed by atoms with Crippen LogP contribution < -0.4 is 10.6 Å². The number of halogens is 1. The zero-order valence-electron chi connectivity index (χ0n) is 16.2. The van der Waals surface area contributed by atoms with Gasteiger partial charge in [-0.1, -0.05) is 18.2 Å². The van der Waals surface area contributed by atoms with Crippen LogP contribution in [0.2, 0.25) is 0 Å². The van der Waals surface area contributed by atoms with Gasteiger partial charge in [0.05, 0.1) is 17.8 Å². The fourth-order valence-corrected chi connectivity index (χ4v) is 3.44. The summed E-state index contributed by atoms with van der Waals surface area (Å²) in [6.45, 7) is 10.1. The van der Waals surface area contributed by atoms with E-state index in [2.05, 4.69) is 20.6 Å². The molecule has 1 saturated heterocycles. The molecule has 0 unspecified atom stereocenters. The van der Waals surface area contributed by atoms with Crippen molar-refractivity contribution in [3.8, 4) is 5.69 Å². The van der Waals surface area contributed by atoms with E-state index in [1.165, 1.54) is 0 Å². The van der Waals surface area contributed by atoms with E-state index in [1.54, 1.807) is 0 Å². The van der Waals surface area contributed by atoms with E-state index in [0.717, 1.165) is 68.3 Å². The molecule has 2 N–H and O–H groups in total. The van der Waals surface area contributed by atoms with Crippen molar-refractivity contribution in [2.24, 2.45) is 0 Å². The molecule has 6 nitrogen and oxygen atoms in total. The van der Waals surface area contributed by atoms with Crippen LogP contribution >= 0.6 is 12.4 Å². The van der Waals surface area contributed by atoms with E-state index in [-0.39, 0.29) is 18.3 Å². The Morgan fingerprint density at radius 3 is 2.59 bits per heavy atom. The average Bonchev–Trinajstić information content (AvgIpc) is 2.95. The first kappa shape index (κ1) is 21.4. The lowest BCUT2D eigenvalue weighted by Gasteiger charge is -2.27. The molecule has 0 bridgehead atoms.